The fourth-order valence-electron chi connectivity index (χ4n) is 4.48. The summed E-state index contributed by atoms with van der Waals surface area (Å²) < 4.78 is 13.7. The molecule has 0 aliphatic carbocycles. The number of fused-ring (bicyclic) bond motifs is 1. The molecular formula is C31H35N3O3. The van der Waals surface area contributed by atoms with E-state index in [4.69, 9.17) is 14.5 Å². The van der Waals surface area contributed by atoms with Gasteiger partial charge in [0.25, 0.3) is 0 Å². The highest BCUT2D eigenvalue weighted by Gasteiger charge is 2.18. The molecule has 6 heteroatoms. The van der Waals surface area contributed by atoms with Gasteiger partial charge in [0.1, 0.15) is 5.82 Å². The summed E-state index contributed by atoms with van der Waals surface area (Å²) in [5.41, 5.74) is 4.14. The molecule has 0 saturated carbocycles. The minimum absolute atomic E-state index is 0.0150. The van der Waals surface area contributed by atoms with Crippen molar-refractivity contribution in [1.29, 1.82) is 0 Å². The summed E-state index contributed by atoms with van der Waals surface area (Å²) >= 11 is 0. The van der Waals surface area contributed by atoms with Gasteiger partial charge in [0.15, 0.2) is 11.5 Å². The van der Waals surface area contributed by atoms with Gasteiger partial charge in [-0.05, 0) is 61.6 Å². The molecule has 1 aromatic heterocycles. The lowest BCUT2D eigenvalue weighted by molar-refractivity contribution is -0.121. The van der Waals surface area contributed by atoms with Gasteiger partial charge in [0, 0.05) is 6.54 Å². The van der Waals surface area contributed by atoms with Crippen molar-refractivity contribution >= 4 is 16.9 Å². The number of methoxy groups -OCH3 is 1. The highest BCUT2D eigenvalue weighted by Crippen LogP contribution is 2.29. The number of aryl methyl sites for hydroxylation is 1. The van der Waals surface area contributed by atoms with Crippen LogP contribution in [-0.2, 0) is 24.2 Å². The molecule has 0 spiro atoms. The van der Waals surface area contributed by atoms with E-state index < -0.39 is 0 Å². The second-order valence-corrected chi connectivity index (χ2v) is 9.10. The normalized spacial score (nSPS) is 11.7. The number of nitrogens with one attached hydrogen (secondary N) is 1. The van der Waals surface area contributed by atoms with E-state index in [0.29, 0.717) is 13.0 Å². The summed E-state index contributed by atoms with van der Waals surface area (Å²) in [6, 6.07) is 23.7. The Morgan fingerprint density at radius 1 is 1.03 bits per heavy atom. The number of hydrogen-bond donors (Lipinski definition) is 1. The van der Waals surface area contributed by atoms with Crippen molar-refractivity contribution in [1.82, 2.24) is 14.9 Å². The van der Waals surface area contributed by atoms with Crippen molar-refractivity contribution in [3.63, 3.8) is 0 Å². The van der Waals surface area contributed by atoms with Crippen molar-refractivity contribution < 1.29 is 14.3 Å². The van der Waals surface area contributed by atoms with E-state index in [1.54, 1.807) is 7.11 Å². The topological polar surface area (TPSA) is 65.4 Å². The highest BCUT2D eigenvalue weighted by molar-refractivity contribution is 5.79. The van der Waals surface area contributed by atoms with Gasteiger partial charge in [-0.25, -0.2) is 4.98 Å². The summed E-state index contributed by atoms with van der Waals surface area (Å²) in [5, 5.41) is 3.13. The molecule has 1 amide bonds. The number of nitrogens with zero attached hydrogens (tertiary/aromatic N) is 2. The quantitative estimate of drug-likeness (QED) is 0.180. The van der Waals surface area contributed by atoms with Crippen molar-refractivity contribution in [3.8, 4) is 11.5 Å². The Kier molecular flexibility index (Phi) is 8.98. The van der Waals surface area contributed by atoms with Gasteiger partial charge in [-0.3, -0.25) is 4.79 Å². The standard InChI is InChI=1S/C31H35N3O3/c1-4-12-24-17-18-28(29(21-24)36-3)37-20-11-10-19-34-27-16-9-8-15-26(27)33-31(34)23(2)32-30(35)22-25-13-6-5-7-14-25/h4-9,13-18,21,23H,1,10-12,19-20,22H2,2-3H3,(H,32,35). The van der Waals surface area contributed by atoms with Crippen LogP contribution < -0.4 is 14.8 Å². The summed E-state index contributed by atoms with van der Waals surface area (Å²) in [5.74, 6) is 2.34. The number of allylic oxidation sites excluding steroid dienone is 1. The Labute approximate surface area is 218 Å². The van der Waals surface area contributed by atoms with Crippen LogP contribution in [0.5, 0.6) is 11.5 Å². The number of carbonyl (C=O) groups is 1. The van der Waals surface area contributed by atoms with Crippen molar-refractivity contribution in [2.75, 3.05) is 13.7 Å². The first-order valence-corrected chi connectivity index (χ1v) is 12.8. The maximum absolute atomic E-state index is 12.7. The molecule has 1 atom stereocenters. The van der Waals surface area contributed by atoms with Gasteiger partial charge in [-0.15, -0.1) is 6.58 Å². The van der Waals surface area contributed by atoms with Gasteiger partial charge in [-0.2, -0.15) is 0 Å². The first-order valence-electron chi connectivity index (χ1n) is 12.8. The molecule has 0 fully saturated rings. The Morgan fingerprint density at radius 3 is 2.59 bits per heavy atom. The summed E-state index contributed by atoms with van der Waals surface area (Å²) in [6.07, 6.45) is 4.80. The maximum Gasteiger partial charge on any atom is 0.224 e. The Morgan fingerprint density at radius 2 is 1.81 bits per heavy atom. The van der Waals surface area contributed by atoms with Crippen molar-refractivity contribution in [2.45, 2.75) is 45.2 Å². The average molecular weight is 498 g/mol. The molecule has 3 aromatic carbocycles. The molecule has 4 rings (SSSR count). The van der Waals surface area contributed by atoms with E-state index in [1.165, 1.54) is 0 Å². The number of unbranched alkanes of at least 4 members (excludes halogenated alkanes) is 1. The third kappa shape index (κ3) is 6.79. The molecule has 6 nitrogen and oxygen atoms in total. The van der Waals surface area contributed by atoms with Gasteiger partial charge in [-0.1, -0.05) is 54.6 Å². The lowest BCUT2D eigenvalue weighted by Gasteiger charge is -2.17. The molecule has 0 aliphatic heterocycles. The number of carbonyl (C=O) groups excluding carboxylic acids is 1. The molecule has 1 heterocycles. The van der Waals surface area contributed by atoms with Gasteiger partial charge >= 0.3 is 0 Å². The molecule has 192 valence electrons. The van der Waals surface area contributed by atoms with Crippen LogP contribution >= 0.6 is 0 Å². The van der Waals surface area contributed by atoms with Gasteiger partial charge in [0.05, 0.1) is 37.2 Å². The van der Waals surface area contributed by atoms with Crippen LogP contribution in [0.1, 0.15) is 42.8 Å². The van der Waals surface area contributed by atoms with Crippen molar-refractivity contribution in [2.24, 2.45) is 0 Å². The molecule has 1 N–H and O–H groups in total. The number of amides is 1. The Balaban J connectivity index is 1.37. The maximum atomic E-state index is 12.7. The van der Waals surface area contributed by atoms with Crippen LogP contribution in [0.15, 0.2) is 85.5 Å². The zero-order valence-corrected chi connectivity index (χ0v) is 21.7. The van der Waals surface area contributed by atoms with E-state index in [1.807, 2.05) is 79.7 Å². The van der Waals surface area contributed by atoms with Crippen LogP contribution in [0.4, 0.5) is 0 Å². The number of para-hydroxylation sites is 2. The molecule has 0 saturated heterocycles. The molecule has 4 aromatic rings. The fourth-order valence-corrected chi connectivity index (χ4v) is 4.48. The van der Waals surface area contributed by atoms with Crippen LogP contribution in [0.2, 0.25) is 0 Å². The van der Waals surface area contributed by atoms with Crippen LogP contribution in [0.3, 0.4) is 0 Å². The minimum Gasteiger partial charge on any atom is -0.493 e. The molecular weight excluding hydrogens is 462 g/mol. The predicted molar refractivity (Wildman–Crippen MR) is 148 cm³/mol. The minimum atomic E-state index is -0.210. The SMILES string of the molecule is C=CCc1ccc(OCCCCn2c(C(C)NC(=O)Cc3ccccc3)nc3ccccc32)c(OC)c1. The smallest absolute Gasteiger partial charge is 0.224 e. The van der Waals surface area contributed by atoms with Gasteiger partial charge < -0.3 is 19.4 Å². The zero-order valence-electron chi connectivity index (χ0n) is 21.7. The van der Waals surface area contributed by atoms with E-state index in [-0.39, 0.29) is 11.9 Å². The summed E-state index contributed by atoms with van der Waals surface area (Å²) in [6.45, 7) is 7.16. The molecule has 0 radical (unpaired) electrons. The number of ether oxygens (including phenoxy) is 2. The van der Waals surface area contributed by atoms with Crippen LogP contribution in [0.25, 0.3) is 11.0 Å². The number of rotatable bonds is 13. The van der Waals surface area contributed by atoms with E-state index in [2.05, 4.69) is 22.5 Å². The summed E-state index contributed by atoms with van der Waals surface area (Å²) in [7, 11) is 1.66. The number of aromatic nitrogens is 2. The predicted octanol–water partition coefficient (Wildman–Crippen LogP) is 6.05. The first-order chi connectivity index (χ1) is 18.1. The third-order valence-corrected chi connectivity index (χ3v) is 6.30. The molecule has 0 aliphatic rings. The fraction of sp³-hybridized carbons (Fsp3) is 0.290. The zero-order chi connectivity index (χ0) is 26.0. The molecule has 0 bridgehead atoms. The highest BCUT2D eigenvalue weighted by atomic mass is 16.5. The molecule has 1 unspecified atom stereocenters. The van der Waals surface area contributed by atoms with Gasteiger partial charge in [0.2, 0.25) is 5.91 Å². The first kappa shape index (κ1) is 26.0. The Bertz CT molecular complexity index is 1330. The lowest BCUT2D eigenvalue weighted by Crippen LogP contribution is -2.30. The second-order valence-electron chi connectivity index (χ2n) is 9.10. The third-order valence-electron chi connectivity index (χ3n) is 6.30. The lowest BCUT2D eigenvalue weighted by atomic mass is 10.1. The number of benzene rings is 3. The number of hydrogen-bond acceptors (Lipinski definition) is 4. The summed E-state index contributed by atoms with van der Waals surface area (Å²) in [4.78, 5) is 17.5. The Hall–Kier alpha value is -4.06. The molecule has 37 heavy (non-hydrogen) atoms. The average Bonchev–Trinajstić information content (AvgIpc) is 3.28. The monoisotopic (exact) mass is 497 g/mol. The second kappa shape index (κ2) is 12.8. The van der Waals surface area contributed by atoms with E-state index in [9.17, 15) is 4.79 Å². The van der Waals surface area contributed by atoms with Crippen molar-refractivity contribution in [3.05, 3.63) is 102 Å². The van der Waals surface area contributed by atoms with E-state index >= 15 is 0 Å². The van der Waals surface area contributed by atoms with Crippen LogP contribution in [-0.4, -0.2) is 29.2 Å². The van der Waals surface area contributed by atoms with Crippen LogP contribution in [0, 0.1) is 0 Å². The van der Waals surface area contributed by atoms with E-state index in [0.717, 1.165) is 65.3 Å². The number of imidazole rings is 1. The largest absolute Gasteiger partial charge is 0.493 e.